The topological polar surface area (TPSA) is 62.5 Å². The van der Waals surface area contributed by atoms with Crippen molar-refractivity contribution in [2.75, 3.05) is 26.2 Å². The molecule has 0 aliphatic carbocycles. The molecule has 0 saturated carbocycles. The van der Waals surface area contributed by atoms with E-state index in [2.05, 4.69) is 15.0 Å². The Hall–Kier alpha value is -3.06. The van der Waals surface area contributed by atoms with E-state index in [1.165, 1.54) is 24.3 Å². The fraction of sp³-hybridized carbons (Fsp3) is 0.286. The maximum Gasteiger partial charge on any atom is 0.253 e. The number of nitrogens with zero attached hydrogens (tertiary/aromatic N) is 4. The zero-order chi connectivity index (χ0) is 19.3. The van der Waals surface area contributed by atoms with Gasteiger partial charge in [-0.3, -0.25) is 9.69 Å². The molecule has 2 heterocycles. The molecule has 4 rings (SSSR count). The van der Waals surface area contributed by atoms with E-state index in [0.29, 0.717) is 43.3 Å². The smallest absolute Gasteiger partial charge is 0.253 e. The molecule has 144 valence electrons. The number of carbonyl (C=O) groups excluding carboxylic acids is 1. The van der Waals surface area contributed by atoms with Crippen LogP contribution in [0.4, 0.5) is 4.39 Å². The van der Waals surface area contributed by atoms with Gasteiger partial charge in [0.15, 0.2) is 5.82 Å². The third-order valence-electron chi connectivity index (χ3n) is 4.82. The summed E-state index contributed by atoms with van der Waals surface area (Å²) in [5.41, 5.74) is 1.65. The van der Waals surface area contributed by atoms with Crippen molar-refractivity contribution in [2.45, 2.75) is 13.0 Å². The van der Waals surface area contributed by atoms with Crippen LogP contribution in [0.2, 0.25) is 0 Å². The molecule has 0 unspecified atom stereocenters. The summed E-state index contributed by atoms with van der Waals surface area (Å²) in [6.07, 6.45) is 0.643. The summed E-state index contributed by atoms with van der Waals surface area (Å²) in [5.74, 6) is 0.853. The lowest BCUT2D eigenvalue weighted by Crippen LogP contribution is -2.48. The average molecular weight is 380 g/mol. The van der Waals surface area contributed by atoms with E-state index in [-0.39, 0.29) is 11.7 Å². The number of hydrogen-bond donors (Lipinski definition) is 0. The summed E-state index contributed by atoms with van der Waals surface area (Å²) < 4.78 is 18.4. The normalized spacial score (nSPS) is 15.0. The van der Waals surface area contributed by atoms with Gasteiger partial charge in [0.2, 0.25) is 5.89 Å². The fourth-order valence-electron chi connectivity index (χ4n) is 3.28. The van der Waals surface area contributed by atoms with Crippen molar-refractivity contribution in [3.8, 4) is 0 Å². The van der Waals surface area contributed by atoms with Gasteiger partial charge in [0.25, 0.3) is 5.91 Å². The lowest BCUT2D eigenvalue weighted by molar-refractivity contribution is 0.0615. The molecule has 2 aromatic carbocycles. The zero-order valence-corrected chi connectivity index (χ0v) is 15.4. The van der Waals surface area contributed by atoms with E-state index in [1.54, 1.807) is 4.90 Å². The molecule has 1 aromatic heterocycles. The number of benzene rings is 2. The van der Waals surface area contributed by atoms with Crippen LogP contribution in [0.25, 0.3) is 0 Å². The molecule has 1 aliphatic rings. The van der Waals surface area contributed by atoms with Gasteiger partial charge in [0, 0.05) is 38.2 Å². The van der Waals surface area contributed by atoms with Gasteiger partial charge in [-0.2, -0.15) is 4.98 Å². The lowest BCUT2D eigenvalue weighted by Gasteiger charge is -2.34. The van der Waals surface area contributed by atoms with E-state index in [1.807, 2.05) is 30.3 Å². The van der Waals surface area contributed by atoms with Crippen LogP contribution in [0.3, 0.4) is 0 Å². The van der Waals surface area contributed by atoms with Crippen molar-refractivity contribution in [2.24, 2.45) is 0 Å². The molecule has 3 aromatic rings. The SMILES string of the molecule is O=C(c1ccc(F)cc1)N1CCN(Cc2nc(Cc3ccccc3)no2)CC1. The first-order valence-electron chi connectivity index (χ1n) is 9.30. The Morgan fingerprint density at radius 3 is 2.43 bits per heavy atom. The Morgan fingerprint density at radius 2 is 1.71 bits per heavy atom. The van der Waals surface area contributed by atoms with E-state index in [0.717, 1.165) is 18.7 Å². The monoisotopic (exact) mass is 380 g/mol. The predicted molar refractivity (Wildman–Crippen MR) is 101 cm³/mol. The van der Waals surface area contributed by atoms with Crippen LogP contribution >= 0.6 is 0 Å². The van der Waals surface area contributed by atoms with Crippen LogP contribution in [0.5, 0.6) is 0 Å². The lowest BCUT2D eigenvalue weighted by atomic mass is 10.1. The molecule has 0 bridgehead atoms. The van der Waals surface area contributed by atoms with Gasteiger partial charge < -0.3 is 9.42 Å². The maximum atomic E-state index is 13.0. The Kier molecular flexibility index (Phi) is 5.43. The van der Waals surface area contributed by atoms with Crippen molar-refractivity contribution >= 4 is 5.91 Å². The Balaban J connectivity index is 1.29. The first-order valence-corrected chi connectivity index (χ1v) is 9.30. The highest BCUT2D eigenvalue weighted by Crippen LogP contribution is 2.13. The molecule has 1 fully saturated rings. The Morgan fingerprint density at radius 1 is 1.00 bits per heavy atom. The van der Waals surface area contributed by atoms with Crippen LogP contribution in [-0.4, -0.2) is 52.0 Å². The van der Waals surface area contributed by atoms with Gasteiger partial charge >= 0.3 is 0 Å². The quantitative estimate of drug-likeness (QED) is 0.681. The second-order valence-electron chi connectivity index (χ2n) is 6.84. The second-order valence-corrected chi connectivity index (χ2v) is 6.84. The van der Waals surface area contributed by atoms with Crippen molar-refractivity contribution in [1.29, 1.82) is 0 Å². The highest BCUT2D eigenvalue weighted by Gasteiger charge is 2.23. The summed E-state index contributed by atoms with van der Waals surface area (Å²) in [6.45, 7) is 3.25. The van der Waals surface area contributed by atoms with Crippen LogP contribution in [-0.2, 0) is 13.0 Å². The molecule has 1 amide bonds. The van der Waals surface area contributed by atoms with Gasteiger partial charge in [-0.05, 0) is 29.8 Å². The first-order chi connectivity index (χ1) is 13.7. The van der Waals surface area contributed by atoms with Gasteiger partial charge in [-0.15, -0.1) is 0 Å². The average Bonchev–Trinajstić information content (AvgIpc) is 3.16. The van der Waals surface area contributed by atoms with Crippen molar-refractivity contribution in [3.63, 3.8) is 0 Å². The Bertz CT molecular complexity index is 919. The fourth-order valence-corrected chi connectivity index (χ4v) is 3.28. The van der Waals surface area contributed by atoms with Gasteiger partial charge in [-0.25, -0.2) is 4.39 Å². The summed E-state index contributed by atoms with van der Waals surface area (Å²) >= 11 is 0. The first kappa shape index (κ1) is 18.3. The molecule has 6 nitrogen and oxygen atoms in total. The molecule has 0 radical (unpaired) electrons. The highest BCUT2D eigenvalue weighted by molar-refractivity contribution is 5.94. The molecule has 0 spiro atoms. The van der Waals surface area contributed by atoms with Gasteiger partial charge in [0.1, 0.15) is 5.82 Å². The number of amides is 1. The number of piperazine rings is 1. The zero-order valence-electron chi connectivity index (χ0n) is 15.4. The number of carbonyl (C=O) groups is 1. The number of halogens is 1. The van der Waals surface area contributed by atoms with E-state index < -0.39 is 0 Å². The minimum absolute atomic E-state index is 0.0670. The summed E-state index contributed by atoms with van der Waals surface area (Å²) in [4.78, 5) is 20.9. The van der Waals surface area contributed by atoms with E-state index in [4.69, 9.17) is 4.52 Å². The largest absolute Gasteiger partial charge is 0.338 e. The number of aromatic nitrogens is 2. The molecule has 28 heavy (non-hydrogen) atoms. The van der Waals surface area contributed by atoms with Gasteiger partial charge in [-0.1, -0.05) is 35.5 Å². The third kappa shape index (κ3) is 4.43. The second kappa shape index (κ2) is 8.31. The summed E-state index contributed by atoms with van der Waals surface area (Å²) in [7, 11) is 0. The van der Waals surface area contributed by atoms with Crippen molar-refractivity contribution in [1.82, 2.24) is 19.9 Å². The third-order valence-corrected chi connectivity index (χ3v) is 4.82. The highest BCUT2D eigenvalue weighted by atomic mass is 19.1. The van der Waals surface area contributed by atoms with Crippen LogP contribution < -0.4 is 0 Å². The summed E-state index contributed by atoms with van der Waals surface area (Å²) in [6, 6.07) is 15.7. The van der Waals surface area contributed by atoms with Crippen LogP contribution in [0.15, 0.2) is 59.1 Å². The molecule has 1 aliphatic heterocycles. The van der Waals surface area contributed by atoms with Crippen LogP contribution in [0.1, 0.15) is 27.6 Å². The molecule has 1 saturated heterocycles. The van der Waals surface area contributed by atoms with Crippen molar-refractivity contribution in [3.05, 3.63) is 83.3 Å². The molecular formula is C21H21FN4O2. The van der Waals surface area contributed by atoms with Crippen molar-refractivity contribution < 1.29 is 13.7 Å². The van der Waals surface area contributed by atoms with E-state index in [9.17, 15) is 9.18 Å². The summed E-state index contributed by atoms with van der Waals surface area (Å²) in [5, 5.41) is 4.06. The minimum Gasteiger partial charge on any atom is -0.338 e. The molecule has 7 heteroatoms. The Labute approximate surface area is 162 Å². The molecular weight excluding hydrogens is 359 g/mol. The molecule has 0 atom stereocenters. The van der Waals surface area contributed by atoms with Crippen LogP contribution in [0, 0.1) is 5.82 Å². The van der Waals surface area contributed by atoms with Gasteiger partial charge in [0.05, 0.1) is 6.54 Å². The standard InChI is InChI=1S/C21H21FN4O2/c22-18-8-6-17(7-9-18)21(27)26-12-10-25(11-13-26)15-20-23-19(24-28-20)14-16-4-2-1-3-5-16/h1-9H,10-15H2. The number of rotatable bonds is 5. The minimum atomic E-state index is -0.340. The predicted octanol–water partition coefficient (Wildman–Crippen LogP) is 2.76. The molecule has 0 N–H and O–H groups in total. The number of hydrogen-bond acceptors (Lipinski definition) is 5. The van der Waals surface area contributed by atoms with E-state index >= 15 is 0 Å². The maximum absolute atomic E-state index is 13.0.